The van der Waals surface area contributed by atoms with Gasteiger partial charge in [-0.15, -0.1) is 0 Å². The van der Waals surface area contributed by atoms with Crippen LogP contribution in [0.5, 0.6) is 0 Å². The zero-order valence-electron chi connectivity index (χ0n) is 8.33. The van der Waals surface area contributed by atoms with Crippen molar-refractivity contribution in [2.24, 2.45) is 7.05 Å². The summed E-state index contributed by atoms with van der Waals surface area (Å²) in [6.07, 6.45) is 10.2. The molecule has 0 aliphatic rings. The molecule has 70 valence electrons. The first-order valence-electron chi connectivity index (χ1n) is 4.59. The highest BCUT2D eigenvalue weighted by molar-refractivity contribution is 5.72. The van der Waals surface area contributed by atoms with Crippen LogP contribution in [-0.2, 0) is 7.05 Å². The monoisotopic (exact) mass is 176 g/mol. The number of allylic oxidation sites excluding steroid dienone is 3. The lowest BCUT2D eigenvalue weighted by Gasteiger charge is -1.96. The molecule has 0 radical (unpaired) electrons. The number of hydrogen-bond donors (Lipinski definition) is 0. The first-order chi connectivity index (χ1) is 6.27. The Kier molecular flexibility index (Phi) is 3.50. The number of hydrogen-bond acceptors (Lipinski definition) is 1. The Morgan fingerprint density at radius 2 is 2.46 bits per heavy atom. The Morgan fingerprint density at radius 1 is 1.69 bits per heavy atom. The van der Waals surface area contributed by atoms with Gasteiger partial charge in [-0.05, 0) is 12.0 Å². The predicted octanol–water partition coefficient (Wildman–Crippen LogP) is 2.79. The molecule has 0 bridgehead atoms. The molecule has 0 spiro atoms. The Bertz CT molecular complexity index is 308. The zero-order chi connectivity index (χ0) is 9.68. The summed E-state index contributed by atoms with van der Waals surface area (Å²) in [6, 6.07) is 0. The summed E-state index contributed by atoms with van der Waals surface area (Å²) in [5, 5.41) is 4.12. The molecule has 1 aromatic rings. The molecular weight excluding hydrogens is 160 g/mol. The summed E-state index contributed by atoms with van der Waals surface area (Å²) in [4.78, 5) is 0. The van der Waals surface area contributed by atoms with Crippen LogP contribution in [0.25, 0.3) is 5.57 Å². The van der Waals surface area contributed by atoms with Crippen LogP contribution in [0, 0.1) is 0 Å². The maximum absolute atomic E-state index is 4.12. The van der Waals surface area contributed by atoms with E-state index in [2.05, 4.69) is 24.7 Å². The Morgan fingerprint density at radius 3 is 2.92 bits per heavy atom. The van der Waals surface area contributed by atoms with Crippen molar-refractivity contribution in [1.82, 2.24) is 9.78 Å². The third-order valence-electron chi connectivity index (χ3n) is 1.91. The molecule has 0 amide bonds. The molecule has 1 heterocycles. The van der Waals surface area contributed by atoms with Crippen LogP contribution in [0.3, 0.4) is 0 Å². The predicted molar refractivity (Wildman–Crippen MR) is 56.3 cm³/mol. The van der Waals surface area contributed by atoms with Crippen LogP contribution in [0.4, 0.5) is 0 Å². The fourth-order valence-corrected chi connectivity index (χ4v) is 1.19. The van der Waals surface area contributed by atoms with Gasteiger partial charge in [0.05, 0.1) is 6.20 Å². The van der Waals surface area contributed by atoms with Gasteiger partial charge >= 0.3 is 0 Å². The fraction of sp³-hybridized carbons (Fsp3) is 0.364. The number of aromatic nitrogens is 2. The van der Waals surface area contributed by atoms with Gasteiger partial charge in [-0.2, -0.15) is 5.10 Å². The van der Waals surface area contributed by atoms with E-state index in [1.54, 1.807) is 4.68 Å². The summed E-state index contributed by atoms with van der Waals surface area (Å²) in [6.45, 7) is 5.96. The summed E-state index contributed by atoms with van der Waals surface area (Å²) >= 11 is 0. The van der Waals surface area contributed by atoms with Crippen molar-refractivity contribution >= 4 is 5.57 Å². The van der Waals surface area contributed by atoms with Gasteiger partial charge in [-0.1, -0.05) is 32.1 Å². The fourth-order valence-electron chi connectivity index (χ4n) is 1.19. The molecular formula is C11H16N2. The van der Waals surface area contributed by atoms with Crippen LogP contribution in [0.1, 0.15) is 25.3 Å². The van der Waals surface area contributed by atoms with Crippen LogP contribution < -0.4 is 0 Å². The van der Waals surface area contributed by atoms with Gasteiger partial charge in [0.15, 0.2) is 0 Å². The molecule has 0 fully saturated rings. The maximum Gasteiger partial charge on any atom is 0.0568 e. The minimum atomic E-state index is 1.09. The van der Waals surface area contributed by atoms with E-state index in [0.717, 1.165) is 18.4 Å². The molecule has 13 heavy (non-hydrogen) atoms. The lowest BCUT2D eigenvalue weighted by Crippen LogP contribution is -1.84. The molecule has 0 saturated carbocycles. The number of aryl methyl sites for hydroxylation is 1. The topological polar surface area (TPSA) is 17.8 Å². The molecule has 0 aliphatic heterocycles. The van der Waals surface area contributed by atoms with E-state index in [0.29, 0.717) is 0 Å². The average molecular weight is 176 g/mol. The minimum absolute atomic E-state index is 1.09. The van der Waals surface area contributed by atoms with Crippen molar-refractivity contribution in [3.63, 3.8) is 0 Å². The van der Waals surface area contributed by atoms with Crippen molar-refractivity contribution in [2.75, 3.05) is 0 Å². The summed E-state index contributed by atoms with van der Waals surface area (Å²) in [5.41, 5.74) is 2.32. The van der Waals surface area contributed by atoms with Crippen molar-refractivity contribution in [1.29, 1.82) is 0 Å². The van der Waals surface area contributed by atoms with Crippen LogP contribution in [-0.4, -0.2) is 9.78 Å². The van der Waals surface area contributed by atoms with Crippen molar-refractivity contribution in [3.05, 3.63) is 36.7 Å². The molecule has 0 aliphatic carbocycles. The highest BCUT2D eigenvalue weighted by Crippen LogP contribution is 2.15. The second-order valence-corrected chi connectivity index (χ2v) is 3.05. The Labute approximate surface area is 79.6 Å². The van der Waals surface area contributed by atoms with E-state index in [-0.39, 0.29) is 0 Å². The summed E-state index contributed by atoms with van der Waals surface area (Å²) < 4.78 is 1.80. The van der Waals surface area contributed by atoms with Gasteiger partial charge in [-0.3, -0.25) is 4.68 Å². The molecule has 0 aromatic carbocycles. The number of unbranched alkanes of at least 4 members (excludes halogenated alkanes) is 1. The highest BCUT2D eigenvalue weighted by atomic mass is 15.2. The van der Waals surface area contributed by atoms with Gasteiger partial charge in [0, 0.05) is 18.8 Å². The molecule has 0 saturated heterocycles. The molecule has 1 rings (SSSR count). The van der Waals surface area contributed by atoms with Crippen LogP contribution in [0.15, 0.2) is 31.1 Å². The molecule has 2 heteroatoms. The first-order valence-corrected chi connectivity index (χ1v) is 4.59. The molecule has 0 unspecified atom stereocenters. The largest absolute Gasteiger partial charge is 0.275 e. The van der Waals surface area contributed by atoms with E-state index in [4.69, 9.17) is 0 Å². The molecule has 0 atom stereocenters. The lowest BCUT2D eigenvalue weighted by molar-refractivity contribution is 0.767. The second kappa shape index (κ2) is 4.65. The average Bonchev–Trinajstić information content (AvgIpc) is 2.54. The second-order valence-electron chi connectivity index (χ2n) is 3.05. The van der Waals surface area contributed by atoms with E-state index in [1.165, 1.54) is 5.57 Å². The maximum atomic E-state index is 4.12. The summed E-state index contributed by atoms with van der Waals surface area (Å²) in [7, 11) is 1.92. The smallest absolute Gasteiger partial charge is 0.0568 e. The third-order valence-corrected chi connectivity index (χ3v) is 1.91. The van der Waals surface area contributed by atoms with Gasteiger partial charge in [0.2, 0.25) is 0 Å². The number of rotatable bonds is 4. The first kappa shape index (κ1) is 9.78. The van der Waals surface area contributed by atoms with Gasteiger partial charge in [0.25, 0.3) is 0 Å². The van der Waals surface area contributed by atoms with Crippen molar-refractivity contribution < 1.29 is 0 Å². The van der Waals surface area contributed by atoms with E-state index >= 15 is 0 Å². The highest BCUT2D eigenvalue weighted by Gasteiger charge is 1.98. The van der Waals surface area contributed by atoms with Gasteiger partial charge < -0.3 is 0 Å². The van der Waals surface area contributed by atoms with E-state index in [1.807, 2.05) is 25.5 Å². The Balaban J connectivity index is 2.84. The number of nitrogens with zero attached hydrogens (tertiary/aromatic N) is 2. The molecule has 0 N–H and O–H groups in total. The lowest BCUT2D eigenvalue weighted by atomic mass is 10.1. The summed E-state index contributed by atoms with van der Waals surface area (Å²) in [5.74, 6) is 0. The normalized spacial score (nSPS) is 11.7. The molecule has 2 nitrogen and oxygen atoms in total. The Hall–Kier alpha value is -1.31. The SMILES string of the molecule is C=C/C(=C\CCC)c1cnn(C)c1. The van der Waals surface area contributed by atoms with Crippen molar-refractivity contribution in [2.45, 2.75) is 19.8 Å². The third kappa shape index (κ3) is 2.58. The van der Waals surface area contributed by atoms with Crippen LogP contribution in [0.2, 0.25) is 0 Å². The van der Waals surface area contributed by atoms with Gasteiger partial charge in [-0.25, -0.2) is 0 Å². The minimum Gasteiger partial charge on any atom is -0.275 e. The van der Waals surface area contributed by atoms with E-state index < -0.39 is 0 Å². The quantitative estimate of drug-likeness (QED) is 0.645. The molecule has 1 aromatic heterocycles. The van der Waals surface area contributed by atoms with Gasteiger partial charge in [0.1, 0.15) is 0 Å². The van der Waals surface area contributed by atoms with Crippen molar-refractivity contribution in [3.8, 4) is 0 Å². The standard InChI is InChI=1S/C11H16N2/c1-4-6-7-10(5-2)11-8-12-13(3)9-11/h5,7-9H,2,4,6H2,1,3H3/b10-7+. The zero-order valence-corrected chi connectivity index (χ0v) is 8.33. The van der Waals surface area contributed by atoms with Crippen LogP contribution >= 0.6 is 0 Å². The van der Waals surface area contributed by atoms with E-state index in [9.17, 15) is 0 Å².